The monoisotopic (exact) mass is 299 g/mol. The van der Waals surface area contributed by atoms with Crippen LogP contribution in [0.25, 0.3) is 11.1 Å². The Morgan fingerprint density at radius 1 is 0.955 bits per heavy atom. The second-order valence-corrected chi connectivity index (χ2v) is 4.73. The zero-order valence-corrected chi connectivity index (χ0v) is 12.7. The lowest BCUT2D eigenvalue weighted by Gasteiger charge is -2.10. The van der Waals surface area contributed by atoms with Crippen LogP contribution in [0.4, 0.5) is 10.5 Å². The molecule has 0 saturated heterocycles. The van der Waals surface area contributed by atoms with Crippen molar-refractivity contribution in [3.8, 4) is 11.1 Å². The van der Waals surface area contributed by atoms with Crippen LogP contribution in [0, 0.1) is 6.92 Å². The quantitative estimate of drug-likeness (QED) is 0.879. The molecule has 2 aromatic rings. The molecule has 5 nitrogen and oxygen atoms in total. The molecule has 114 valence electrons. The highest BCUT2D eigenvalue weighted by Gasteiger charge is 2.13. The summed E-state index contributed by atoms with van der Waals surface area (Å²) < 4.78 is 9.36. The molecule has 0 heterocycles. The van der Waals surface area contributed by atoms with E-state index in [0.717, 1.165) is 16.7 Å². The van der Waals surface area contributed by atoms with Crippen LogP contribution in [-0.2, 0) is 9.47 Å². The molecule has 0 aliphatic rings. The number of esters is 1. The number of carbonyl (C=O) groups is 2. The maximum Gasteiger partial charge on any atom is 0.411 e. The predicted octanol–water partition coefficient (Wildman–Crippen LogP) is 3.63. The molecule has 0 spiro atoms. The SMILES string of the molecule is COC(=O)Nc1ccc(-c2cc(C)ccc2C(=O)OC)cc1. The zero-order valence-electron chi connectivity index (χ0n) is 12.7. The molecule has 0 unspecified atom stereocenters. The Bertz CT molecular complexity index is 692. The first-order chi connectivity index (χ1) is 10.5. The highest BCUT2D eigenvalue weighted by molar-refractivity contribution is 5.97. The summed E-state index contributed by atoms with van der Waals surface area (Å²) in [4.78, 5) is 23.0. The Morgan fingerprint density at radius 3 is 2.23 bits per heavy atom. The molecule has 1 amide bonds. The number of hydrogen-bond donors (Lipinski definition) is 1. The Labute approximate surface area is 128 Å². The molecular formula is C17H17NO4. The van der Waals surface area contributed by atoms with Gasteiger partial charge in [0.1, 0.15) is 0 Å². The smallest absolute Gasteiger partial charge is 0.411 e. The molecule has 0 saturated carbocycles. The van der Waals surface area contributed by atoms with Gasteiger partial charge >= 0.3 is 12.1 Å². The molecule has 5 heteroatoms. The van der Waals surface area contributed by atoms with Gasteiger partial charge in [0.25, 0.3) is 0 Å². The van der Waals surface area contributed by atoms with Crippen molar-refractivity contribution in [3.63, 3.8) is 0 Å². The van der Waals surface area contributed by atoms with Crippen LogP contribution in [-0.4, -0.2) is 26.3 Å². The fraction of sp³-hybridized carbons (Fsp3) is 0.176. The fourth-order valence-electron chi connectivity index (χ4n) is 2.09. The Morgan fingerprint density at radius 2 is 1.64 bits per heavy atom. The Balaban J connectivity index is 2.37. The van der Waals surface area contributed by atoms with Crippen LogP contribution >= 0.6 is 0 Å². The molecule has 1 N–H and O–H groups in total. The highest BCUT2D eigenvalue weighted by atomic mass is 16.5. The summed E-state index contributed by atoms with van der Waals surface area (Å²) in [5.74, 6) is -0.383. The van der Waals surface area contributed by atoms with Gasteiger partial charge in [-0.2, -0.15) is 0 Å². The lowest BCUT2D eigenvalue weighted by atomic mass is 9.97. The number of rotatable bonds is 3. The first kappa shape index (κ1) is 15.6. The maximum absolute atomic E-state index is 11.9. The molecule has 0 aromatic heterocycles. The van der Waals surface area contributed by atoms with E-state index in [4.69, 9.17) is 4.74 Å². The third kappa shape index (κ3) is 3.44. The first-order valence-corrected chi connectivity index (χ1v) is 6.69. The molecule has 0 radical (unpaired) electrons. The van der Waals surface area contributed by atoms with Gasteiger partial charge in [-0.15, -0.1) is 0 Å². The van der Waals surface area contributed by atoms with Crippen molar-refractivity contribution in [2.45, 2.75) is 6.92 Å². The fourth-order valence-corrected chi connectivity index (χ4v) is 2.09. The molecule has 2 aromatic carbocycles. The Kier molecular flexibility index (Phi) is 4.78. The van der Waals surface area contributed by atoms with Gasteiger partial charge in [-0.1, -0.05) is 29.8 Å². The summed E-state index contributed by atoms with van der Waals surface area (Å²) in [6.45, 7) is 1.96. The van der Waals surface area contributed by atoms with Gasteiger partial charge in [-0.25, -0.2) is 9.59 Å². The second kappa shape index (κ2) is 6.76. The number of nitrogens with one attached hydrogen (secondary N) is 1. The number of benzene rings is 2. The van der Waals surface area contributed by atoms with E-state index in [9.17, 15) is 9.59 Å². The minimum Gasteiger partial charge on any atom is -0.465 e. The van der Waals surface area contributed by atoms with E-state index in [-0.39, 0.29) is 5.97 Å². The molecule has 2 rings (SSSR count). The summed E-state index contributed by atoms with van der Waals surface area (Å²) in [5, 5.41) is 2.58. The lowest BCUT2D eigenvalue weighted by molar-refractivity contribution is 0.0601. The zero-order chi connectivity index (χ0) is 16.1. The minimum atomic E-state index is -0.529. The molecule has 0 fully saturated rings. The lowest BCUT2D eigenvalue weighted by Crippen LogP contribution is -2.10. The average Bonchev–Trinajstić information content (AvgIpc) is 2.54. The third-order valence-electron chi connectivity index (χ3n) is 3.21. The van der Waals surface area contributed by atoms with E-state index in [1.54, 1.807) is 18.2 Å². The molecule has 0 atom stereocenters. The average molecular weight is 299 g/mol. The van der Waals surface area contributed by atoms with Crippen LogP contribution in [0.5, 0.6) is 0 Å². The van der Waals surface area contributed by atoms with Crippen LogP contribution in [0.15, 0.2) is 42.5 Å². The van der Waals surface area contributed by atoms with E-state index in [0.29, 0.717) is 11.3 Å². The summed E-state index contributed by atoms with van der Waals surface area (Å²) in [5.41, 5.74) is 3.81. The number of carbonyl (C=O) groups excluding carboxylic acids is 2. The highest BCUT2D eigenvalue weighted by Crippen LogP contribution is 2.27. The molecule has 0 aliphatic carbocycles. The van der Waals surface area contributed by atoms with Gasteiger partial charge in [0.15, 0.2) is 0 Å². The number of hydrogen-bond acceptors (Lipinski definition) is 4. The van der Waals surface area contributed by atoms with Gasteiger partial charge in [0.2, 0.25) is 0 Å². The van der Waals surface area contributed by atoms with E-state index < -0.39 is 6.09 Å². The maximum atomic E-state index is 11.9. The number of methoxy groups -OCH3 is 2. The first-order valence-electron chi connectivity index (χ1n) is 6.69. The van der Waals surface area contributed by atoms with Crippen LogP contribution in [0.2, 0.25) is 0 Å². The van der Waals surface area contributed by atoms with Crippen molar-refractivity contribution in [2.24, 2.45) is 0 Å². The molecular weight excluding hydrogens is 282 g/mol. The van der Waals surface area contributed by atoms with Gasteiger partial charge in [-0.3, -0.25) is 5.32 Å². The van der Waals surface area contributed by atoms with E-state index in [1.807, 2.05) is 31.2 Å². The van der Waals surface area contributed by atoms with Gasteiger partial charge in [0.05, 0.1) is 19.8 Å². The standard InChI is InChI=1S/C17H17NO4/c1-11-4-9-14(16(19)21-2)15(10-11)12-5-7-13(8-6-12)18-17(20)22-3/h4-10H,1-3H3,(H,18,20). The van der Waals surface area contributed by atoms with Crippen LogP contribution < -0.4 is 5.32 Å². The third-order valence-corrected chi connectivity index (χ3v) is 3.21. The Hall–Kier alpha value is -2.82. The summed E-state index contributed by atoms with van der Waals surface area (Å²) >= 11 is 0. The molecule has 22 heavy (non-hydrogen) atoms. The van der Waals surface area contributed by atoms with Crippen LogP contribution in [0.1, 0.15) is 15.9 Å². The summed E-state index contributed by atoms with van der Waals surface area (Å²) in [7, 11) is 2.66. The van der Waals surface area contributed by atoms with Gasteiger partial charge < -0.3 is 9.47 Å². The number of anilines is 1. The van der Waals surface area contributed by atoms with Crippen molar-refractivity contribution in [1.29, 1.82) is 0 Å². The molecule has 0 aliphatic heterocycles. The van der Waals surface area contributed by atoms with E-state index >= 15 is 0 Å². The summed E-state index contributed by atoms with van der Waals surface area (Å²) in [6, 6.07) is 12.7. The van der Waals surface area contributed by atoms with E-state index in [1.165, 1.54) is 14.2 Å². The van der Waals surface area contributed by atoms with Crippen molar-refractivity contribution in [2.75, 3.05) is 19.5 Å². The minimum absolute atomic E-state index is 0.383. The number of amides is 1. The van der Waals surface area contributed by atoms with Crippen molar-refractivity contribution in [3.05, 3.63) is 53.6 Å². The predicted molar refractivity (Wildman–Crippen MR) is 84.0 cm³/mol. The van der Waals surface area contributed by atoms with Crippen LogP contribution in [0.3, 0.4) is 0 Å². The van der Waals surface area contributed by atoms with Crippen molar-refractivity contribution >= 4 is 17.7 Å². The largest absolute Gasteiger partial charge is 0.465 e. The molecule has 0 bridgehead atoms. The number of aryl methyl sites for hydroxylation is 1. The topological polar surface area (TPSA) is 64.6 Å². The van der Waals surface area contributed by atoms with Gasteiger partial charge in [-0.05, 0) is 36.2 Å². The summed E-state index contributed by atoms with van der Waals surface area (Å²) in [6.07, 6.45) is -0.529. The number of ether oxygens (including phenoxy) is 2. The normalized spacial score (nSPS) is 9.95. The van der Waals surface area contributed by atoms with Crippen molar-refractivity contribution in [1.82, 2.24) is 0 Å². The van der Waals surface area contributed by atoms with Gasteiger partial charge in [0, 0.05) is 5.69 Å². The van der Waals surface area contributed by atoms with E-state index in [2.05, 4.69) is 10.1 Å². The van der Waals surface area contributed by atoms with Crippen molar-refractivity contribution < 1.29 is 19.1 Å². The second-order valence-electron chi connectivity index (χ2n) is 4.73.